The molecule has 0 amide bonds. The van der Waals surface area contributed by atoms with Crippen LogP contribution in [-0.2, 0) is 5.41 Å². The Kier molecular flexibility index (Phi) is 7.06. The van der Waals surface area contributed by atoms with Gasteiger partial charge in [-0.2, -0.15) is 0 Å². The van der Waals surface area contributed by atoms with Crippen LogP contribution in [0.1, 0.15) is 40.2 Å². The van der Waals surface area contributed by atoms with E-state index in [0.29, 0.717) is 0 Å². The minimum atomic E-state index is -0.00532. The van der Waals surface area contributed by atoms with Crippen molar-refractivity contribution >= 4 is 18.4 Å². The summed E-state index contributed by atoms with van der Waals surface area (Å²) >= 11 is 0. The number of hydrogen-bond acceptors (Lipinski definition) is 5. The number of nitrogens with zero attached hydrogens (tertiary/aromatic N) is 3. The van der Waals surface area contributed by atoms with Crippen LogP contribution < -0.4 is 15.0 Å². The summed E-state index contributed by atoms with van der Waals surface area (Å²) in [6, 6.07) is 8.36. The van der Waals surface area contributed by atoms with Crippen molar-refractivity contribution in [2.24, 2.45) is 0 Å². The zero-order chi connectivity index (χ0) is 18.7. The molecule has 1 N–H and O–H groups in total. The van der Waals surface area contributed by atoms with Crippen LogP contribution in [0.2, 0.25) is 0 Å². The van der Waals surface area contributed by atoms with Crippen LogP contribution in [0.25, 0.3) is 11.3 Å². The fourth-order valence-electron chi connectivity index (χ4n) is 3.16. The van der Waals surface area contributed by atoms with Crippen molar-refractivity contribution in [2.45, 2.75) is 46.1 Å². The minimum absolute atomic E-state index is 0. The highest BCUT2D eigenvalue weighted by Crippen LogP contribution is 2.35. The molecule has 0 saturated carbocycles. The summed E-state index contributed by atoms with van der Waals surface area (Å²) in [6.45, 7) is 14.6. The van der Waals surface area contributed by atoms with E-state index in [1.807, 2.05) is 12.3 Å². The van der Waals surface area contributed by atoms with E-state index in [-0.39, 0.29) is 23.9 Å². The van der Waals surface area contributed by atoms with Gasteiger partial charge in [-0.3, -0.25) is 0 Å². The van der Waals surface area contributed by atoms with Gasteiger partial charge in [0.15, 0.2) is 0 Å². The molecule has 0 aliphatic carbocycles. The van der Waals surface area contributed by atoms with Crippen molar-refractivity contribution in [2.75, 3.05) is 31.1 Å². The fourth-order valence-corrected chi connectivity index (χ4v) is 3.16. The molecule has 6 heteroatoms. The van der Waals surface area contributed by atoms with E-state index in [1.54, 1.807) is 0 Å². The molecule has 0 spiro atoms. The number of hydrogen-bond donors (Lipinski definition) is 1. The summed E-state index contributed by atoms with van der Waals surface area (Å²) in [4.78, 5) is 11.5. The number of rotatable bonds is 4. The summed E-state index contributed by atoms with van der Waals surface area (Å²) < 4.78 is 6.03. The van der Waals surface area contributed by atoms with Crippen molar-refractivity contribution in [3.8, 4) is 17.0 Å². The Bertz CT molecular complexity index is 752. The minimum Gasteiger partial charge on any atom is -0.491 e. The molecule has 0 unspecified atom stereocenters. The predicted octanol–water partition coefficient (Wildman–Crippen LogP) is 4.06. The average molecular weight is 391 g/mol. The lowest BCUT2D eigenvalue weighted by molar-refractivity contribution is 0.236. The Morgan fingerprint density at radius 1 is 1.11 bits per heavy atom. The molecule has 0 radical (unpaired) electrons. The highest BCUT2D eigenvalue weighted by molar-refractivity contribution is 5.85. The molecule has 2 aromatic rings. The third-order valence-corrected chi connectivity index (χ3v) is 4.49. The summed E-state index contributed by atoms with van der Waals surface area (Å²) in [5, 5.41) is 3.37. The number of benzene rings is 1. The van der Waals surface area contributed by atoms with Crippen LogP contribution in [0, 0.1) is 0 Å². The maximum atomic E-state index is 6.03. The van der Waals surface area contributed by atoms with Gasteiger partial charge in [0.05, 0.1) is 11.8 Å². The van der Waals surface area contributed by atoms with E-state index >= 15 is 0 Å². The van der Waals surface area contributed by atoms with Gasteiger partial charge in [0.25, 0.3) is 0 Å². The number of anilines is 1. The first-order valence-electron chi connectivity index (χ1n) is 9.45. The second-order valence-corrected chi connectivity index (χ2v) is 8.11. The molecule has 2 heterocycles. The van der Waals surface area contributed by atoms with Crippen molar-refractivity contribution in [3.05, 3.63) is 36.0 Å². The molecule has 1 fully saturated rings. The van der Waals surface area contributed by atoms with E-state index in [0.717, 1.165) is 49.1 Å². The summed E-state index contributed by atoms with van der Waals surface area (Å²) in [6.07, 6.45) is 2.01. The second kappa shape index (κ2) is 8.89. The molecule has 27 heavy (non-hydrogen) atoms. The molecule has 5 nitrogen and oxygen atoms in total. The summed E-state index contributed by atoms with van der Waals surface area (Å²) in [5.41, 5.74) is 3.25. The van der Waals surface area contributed by atoms with Crippen LogP contribution in [0.3, 0.4) is 0 Å². The molecule has 1 aromatic carbocycles. The first-order chi connectivity index (χ1) is 12.3. The van der Waals surface area contributed by atoms with Crippen LogP contribution >= 0.6 is 12.4 Å². The van der Waals surface area contributed by atoms with Crippen LogP contribution in [0.4, 0.5) is 5.95 Å². The zero-order valence-electron chi connectivity index (χ0n) is 17.0. The normalized spacial score (nSPS) is 14.8. The first kappa shape index (κ1) is 21.5. The van der Waals surface area contributed by atoms with Crippen molar-refractivity contribution in [1.82, 2.24) is 15.3 Å². The molecule has 3 rings (SSSR count). The van der Waals surface area contributed by atoms with E-state index in [4.69, 9.17) is 9.72 Å². The lowest BCUT2D eigenvalue weighted by Gasteiger charge is -2.27. The van der Waals surface area contributed by atoms with E-state index in [2.05, 4.69) is 68.0 Å². The third kappa shape index (κ3) is 5.33. The fraction of sp³-hybridized carbons (Fsp3) is 0.524. The van der Waals surface area contributed by atoms with E-state index in [9.17, 15) is 0 Å². The predicted molar refractivity (Wildman–Crippen MR) is 114 cm³/mol. The van der Waals surface area contributed by atoms with Crippen LogP contribution in [0.5, 0.6) is 5.75 Å². The Morgan fingerprint density at radius 3 is 2.44 bits per heavy atom. The standard InChI is InChI=1S/C21H30N4O.ClH/c1-15(2)26-19-7-6-16(14-17(19)21(3,4)5)18-8-9-23-20(24-18)25-12-10-22-11-13-25;/h6-9,14-15,22H,10-13H2,1-5H3;1H. The summed E-state index contributed by atoms with van der Waals surface area (Å²) in [7, 11) is 0. The van der Waals surface area contributed by atoms with Gasteiger partial charge >= 0.3 is 0 Å². The molecular formula is C21H31ClN4O. The Balaban J connectivity index is 0.00000261. The molecule has 148 valence electrons. The van der Waals surface area contributed by atoms with Crippen LogP contribution in [-0.4, -0.2) is 42.3 Å². The van der Waals surface area contributed by atoms with E-state index in [1.165, 1.54) is 5.56 Å². The topological polar surface area (TPSA) is 50.3 Å². The Labute approximate surface area is 169 Å². The lowest BCUT2D eigenvalue weighted by Crippen LogP contribution is -2.44. The second-order valence-electron chi connectivity index (χ2n) is 8.11. The molecule has 0 atom stereocenters. The monoisotopic (exact) mass is 390 g/mol. The highest BCUT2D eigenvalue weighted by atomic mass is 35.5. The van der Waals surface area contributed by atoms with Gasteiger partial charge in [0.2, 0.25) is 5.95 Å². The molecular weight excluding hydrogens is 360 g/mol. The molecule has 0 bridgehead atoms. The molecule has 1 aromatic heterocycles. The number of piperazine rings is 1. The third-order valence-electron chi connectivity index (χ3n) is 4.49. The highest BCUT2D eigenvalue weighted by Gasteiger charge is 2.21. The maximum absolute atomic E-state index is 6.03. The number of halogens is 1. The largest absolute Gasteiger partial charge is 0.491 e. The van der Waals surface area contributed by atoms with Gasteiger partial charge in [-0.05, 0) is 43.5 Å². The Hall–Kier alpha value is -1.85. The SMILES string of the molecule is CC(C)Oc1ccc(-c2ccnc(N3CCNCC3)n2)cc1C(C)(C)C.Cl. The average Bonchev–Trinajstić information content (AvgIpc) is 2.61. The number of nitrogens with one attached hydrogen (secondary N) is 1. The summed E-state index contributed by atoms with van der Waals surface area (Å²) in [5.74, 6) is 1.76. The molecule has 1 aliphatic rings. The van der Waals surface area contributed by atoms with Gasteiger partial charge < -0.3 is 15.0 Å². The van der Waals surface area contributed by atoms with Gasteiger partial charge in [0.1, 0.15) is 5.75 Å². The van der Waals surface area contributed by atoms with Crippen molar-refractivity contribution in [1.29, 1.82) is 0 Å². The quantitative estimate of drug-likeness (QED) is 0.853. The smallest absolute Gasteiger partial charge is 0.225 e. The van der Waals surface area contributed by atoms with Gasteiger partial charge in [-0.15, -0.1) is 12.4 Å². The van der Waals surface area contributed by atoms with Gasteiger partial charge in [-0.25, -0.2) is 9.97 Å². The first-order valence-corrected chi connectivity index (χ1v) is 9.45. The molecule has 1 saturated heterocycles. The van der Waals surface area contributed by atoms with Crippen LogP contribution in [0.15, 0.2) is 30.5 Å². The zero-order valence-corrected chi connectivity index (χ0v) is 17.8. The lowest BCUT2D eigenvalue weighted by atomic mass is 9.85. The van der Waals surface area contributed by atoms with Crippen molar-refractivity contribution in [3.63, 3.8) is 0 Å². The van der Waals surface area contributed by atoms with Crippen molar-refractivity contribution < 1.29 is 4.74 Å². The van der Waals surface area contributed by atoms with E-state index < -0.39 is 0 Å². The maximum Gasteiger partial charge on any atom is 0.225 e. The molecule has 1 aliphatic heterocycles. The van der Waals surface area contributed by atoms with Gasteiger partial charge in [0, 0.05) is 43.5 Å². The van der Waals surface area contributed by atoms with Gasteiger partial charge in [-0.1, -0.05) is 20.8 Å². The Morgan fingerprint density at radius 2 is 1.81 bits per heavy atom. The number of aromatic nitrogens is 2. The number of ether oxygens (including phenoxy) is 1.